The zero-order valence-electron chi connectivity index (χ0n) is 14.0. The summed E-state index contributed by atoms with van der Waals surface area (Å²) in [7, 11) is 1.60. The first-order valence-electron chi connectivity index (χ1n) is 8.20. The van der Waals surface area contributed by atoms with Gasteiger partial charge in [0, 0.05) is 30.7 Å². The first-order chi connectivity index (χ1) is 11.6. The minimum absolute atomic E-state index is 0.0217. The lowest BCUT2D eigenvalue weighted by molar-refractivity contribution is -0.125. The third kappa shape index (κ3) is 3.77. The van der Waals surface area contributed by atoms with Gasteiger partial charge in [0.25, 0.3) is 0 Å². The number of halogens is 1. The van der Waals surface area contributed by atoms with Gasteiger partial charge >= 0.3 is 0 Å². The number of fused-ring (bicyclic) bond motifs is 3. The molecule has 3 rings (SSSR count). The molecule has 2 bridgehead atoms. The summed E-state index contributed by atoms with van der Waals surface area (Å²) in [5.41, 5.74) is 0.967. The zero-order valence-corrected chi connectivity index (χ0v) is 14.8. The summed E-state index contributed by atoms with van der Waals surface area (Å²) in [4.78, 5) is 14.4. The maximum absolute atomic E-state index is 12.1. The average molecular weight is 355 g/mol. The Bertz CT molecular complexity index is 610. The van der Waals surface area contributed by atoms with Crippen molar-refractivity contribution in [1.29, 1.82) is 0 Å². The van der Waals surface area contributed by atoms with Gasteiger partial charge in [-0.05, 0) is 18.6 Å². The Kier molecular flexibility index (Phi) is 5.48. The van der Waals surface area contributed by atoms with Gasteiger partial charge in [-0.15, -0.1) is 0 Å². The molecule has 1 N–H and O–H groups in total. The van der Waals surface area contributed by atoms with Crippen LogP contribution in [0.5, 0.6) is 11.5 Å². The molecule has 0 unspecified atom stereocenters. The first-order valence-corrected chi connectivity index (χ1v) is 8.58. The van der Waals surface area contributed by atoms with Crippen LogP contribution < -0.4 is 14.8 Å². The van der Waals surface area contributed by atoms with E-state index >= 15 is 0 Å². The van der Waals surface area contributed by atoms with Crippen LogP contribution in [0.4, 0.5) is 0 Å². The third-order valence-electron chi connectivity index (χ3n) is 4.34. The molecule has 1 aromatic rings. The molecule has 132 valence electrons. The molecule has 0 aromatic heterocycles. The summed E-state index contributed by atoms with van der Waals surface area (Å²) in [5.74, 6) is 1.26. The molecule has 1 aromatic carbocycles. The summed E-state index contributed by atoms with van der Waals surface area (Å²) in [6.45, 7) is 5.58. The van der Waals surface area contributed by atoms with Gasteiger partial charge in [0.2, 0.25) is 5.91 Å². The minimum Gasteiger partial charge on any atom is -0.493 e. The van der Waals surface area contributed by atoms with Crippen molar-refractivity contribution in [1.82, 2.24) is 10.2 Å². The largest absolute Gasteiger partial charge is 0.493 e. The number of methoxy groups -OCH3 is 1. The first kappa shape index (κ1) is 17.3. The van der Waals surface area contributed by atoms with E-state index < -0.39 is 0 Å². The van der Waals surface area contributed by atoms with Crippen LogP contribution in [0.15, 0.2) is 12.1 Å². The molecule has 2 saturated heterocycles. The lowest BCUT2D eigenvalue weighted by Gasteiger charge is -2.28. The number of nitrogens with one attached hydrogen (secondary N) is 1. The quantitative estimate of drug-likeness (QED) is 0.872. The number of benzene rings is 1. The van der Waals surface area contributed by atoms with Gasteiger partial charge in [-0.3, -0.25) is 9.69 Å². The molecule has 2 aliphatic rings. The Hall–Kier alpha value is -1.50. The second kappa shape index (κ2) is 7.59. The highest BCUT2D eigenvalue weighted by atomic mass is 35.5. The van der Waals surface area contributed by atoms with Gasteiger partial charge in [-0.1, -0.05) is 11.6 Å². The molecule has 0 saturated carbocycles. The Morgan fingerprint density at radius 3 is 2.92 bits per heavy atom. The van der Waals surface area contributed by atoms with Crippen LogP contribution in [0.25, 0.3) is 0 Å². The van der Waals surface area contributed by atoms with Gasteiger partial charge in [0.1, 0.15) is 0 Å². The number of nitrogens with zero attached hydrogens (tertiary/aromatic N) is 1. The van der Waals surface area contributed by atoms with E-state index in [2.05, 4.69) is 10.2 Å². The highest BCUT2D eigenvalue weighted by Gasteiger charge is 2.33. The molecular formula is C17H23ClN2O4. The SMILES string of the molecule is CCOc1cc(CN2C[C@H]3COC[C@@H](C2)C(=O)N3)c(Cl)cc1OC. The summed E-state index contributed by atoms with van der Waals surface area (Å²) < 4.78 is 16.5. The standard InChI is InChI=1S/C17H23ClN2O4/c1-3-24-16-4-11(14(18)5-15(16)22-2)6-20-7-12-9-23-10-13(8-20)19-17(12)21/h4-5,12-13H,3,6-10H2,1-2H3,(H,19,21)/t12-,13+/m1/s1. The lowest BCUT2D eigenvalue weighted by atomic mass is 10.1. The maximum atomic E-state index is 12.1. The molecule has 2 fully saturated rings. The molecule has 2 atom stereocenters. The number of rotatable bonds is 5. The molecule has 0 radical (unpaired) electrons. The predicted molar refractivity (Wildman–Crippen MR) is 90.7 cm³/mol. The Balaban J connectivity index is 1.80. The Morgan fingerprint density at radius 1 is 1.33 bits per heavy atom. The van der Waals surface area contributed by atoms with E-state index in [1.165, 1.54) is 0 Å². The highest BCUT2D eigenvalue weighted by molar-refractivity contribution is 6.31. The van der Waals surface area contributed by atoms with Crippen LogP contribution in [0, 0.1) is 5.92 Å². The van der Waals surface area contributed by atoms with Gasteiger partial charge in [-0.2, -0.15) is 0 Å². The summed E-state index contributed by atoms with van der Waals surface area (Å²) in [6.07, 6.45) is 0. The van der Waals surface area contributed by atoms with Crippen LogP contribution in [-0.2, 0) is 16.1 Å². The Morgan fingerprint density at radius 2 is 2.17 bits per heavy atom. The summed E-state index contributed by atoms with van der Waals surface area (Å²) >= 11 is 6.42. The van der Waals surface area contributed by atoms with Crippen molar-refractivity contribution in [3.8, 4) is 11.5 Å². The summed E-state index contributed by atoms with van der Waals surface area (Å²) in [5, 5.41) is 3.68. The number of amides is 1. The van der Waals surface area contributed by atoms with E-state index in [4.69, 9.17) is 25.8 Å². The fourth-order valence-electron chi connectivity index (χ4n) is 3.22. The molecule has 0 aliphatic carbocycles. The number of carbonyl (C=O) groups excluding carboxylic acids is 1. The molecule has 6 nitrogen and oxygen atoms in total. The van der Waals surface area contributed by atoms with Gasteiger partial charge < -0.3 is 19.5 Å². The number of hydrogen-bond donors (Lipinski definition) is 1. The lowest BCUT2D eigenvalue weighted by Crippen LogP contribution is -2.41. The van der Waals surface area contributed by atoms with Crippen molar-refractivity contribution in [3.05, 3.63) is 22.7 Å². The number of ether oxygens (including phenoxy) is 3. The summed E-state index contributed by atoms with van der Waals surface area (Å²) in [6, 6.07) is 3.73. The van der Waals surface area contributed by atoms with Crippen LogP contribution >= 0.6 is 11.6 Å². The number of hydrogen-bond acceptors (Lipinski definition) is 5. The van der Waals surface area contributed by atoms with Crippen LogP contribution in [-0.4, -0.2) is 56.9 Å². The van der Waals surface area contributed by atoms with E-state index in [1.807, 2.05) is 13.0 Å². The smallest absolute Gasteiger partial charge is 0.227 e. The average Bonchev–Trinajstić information content (AvgIpc) is 2.79. The zero-order chi connectivity index (χ0) is 17.1. The van der Waals surface area contributed by atoms with Gasteiger partial charge in [0.05, 0.1) is 38.9 Å². The van der Waals surface area contributed by atoms with Crippen molar-refractivity contribution in [2.24, 2.45) is 5.92 Å². The van der Waals surface area contributed by atoms with Crippen molar-refractivity contribution in [3.63, 3.8) is 0 Å². The monoisotopic (exact) mass is 354 g/mol. The van der Waals surface area contributed by atoms with E-state index in [0.717, 1.165) is 12.1 Å². The fourth-order valence-corrected chi connectivity index (χ4v) is 3.43. The second-order valence-corrected chi connectivity index (χ2v) is 6.57. The maximum Gasteiger partial charge on any atom is 0.227 e. The van der Waals surface area contributed by atoms with E-state index in [1.54, 1.807) is 13.2 Å². The normalized spacial score (nSPS) is 24.2. The molecule has 1 amide bonds. The molecule has 24 heavy (non-hydrogen) atoms. The van der Waals surface area contributed by atoms with Gasteiger partial charge in [0.15, 0.2) is 11.5 Å². The van der Waals surface area contributed by atoms with Gasteiger partial charge in [-0.25, -0.2) is 0 Å². The fraction of sp³-hybridized carbons (Fsp3) is 0.588. The minimum atomic E-state index is -0.138. The van der Waals surface area contributed by atoms with Crippen molar-refractivity contribution < 1.29 is 19.0 Å². The number of carbonyl (C=O) groups is 1. The van der Waals surface area contributed by atoms with E-state index in [0.29, 0.717) is 49.4 Å². The third-order valence-corrected chi connectivity index (χ3v) is 4.69. The van der Waals surface area contributed by atoms with Crippen LogP contribution in [0.1, 0.15) is 12.5 Å². The molecular weight excluding hydrogens is 332 g/mol. The molecule has 0 spiro atoms. The Labute approximate surface area is 147 Å². The van der Waals surface area contributed by atoms with Crippen molar-refractivity contribution in [2.45, 2.75) is 19.5 Å². The second-order valence-electron chi connectivity index (χ2n) is 6.16. The molecule has 2 heterocycles. The molecule has 7 heteroatoms. The van der Waals surface area contributed by atoms with E-state index in [-0.39, 0.29) is 17.9 Å². The van der Waals surface area contributed by atoms with Crippen LogP contribution in [0.3, 0.4) is 0 Å². The predicted octanol–water partition coefficient (Wildman–Crippen LogP) is 1.69. The van der Waals surface area contributed by atoms with Crippen LogP contribution in [0.2, 0.25) is 5.02 Å². The van der Waals surface area contributed by atoms with Crippen molar-refractivity contribution >= 4 is 17.5 Å². The van der Waals surface area contributed by atoms with Crippen molar-refractivity contribution in [2.75, 3.05) is 40.0 Å². The molecule has 2 aliphatic heterocycles. The van der Waals surface area contributed by atoms with E-state index in [9.17, 15) is 4.79 Å². The highest BCUT2D eigenvalue weighted by Crippen LogP contribution is 2.34. The topological polar surface area (TPSA) is 60.0 Å².